The Kier molecular flexibility index (Phi) is 6.60. The summed E-state index contributed by atoms with van der Waals surface area (Å²) in [6, 6.07) is 11.9. The van der Waals surface area contributed by atoms with Crippen LogP contribution in [0.4, 0.5) is 0 Å². The third kappa shape index (κ3) is 4.73. The molecule has 1 aromatic heterocycles. The minimum atomic E-state index is -0.103. The molecule has 0 aliphatic heterocycles. The zero-order valence-corrected chi connectivity index (χ0v) is 18.7. The molecule has 0 fully saturated rings. The Hall–Kier alpha value is -3.08. The lowest BCUT2D eigenvalue weighted by Gasteiger charge is -2.21. The first-order valence-electron chi connectivity index (χ1n) is 10.4. The fourth-order valence-corrected chi connectivity index (χ4v) is 3.70. The molecule has 158 valence electrons. The number of ether oxygens (including phenoxy) is 1. The number of carbonyl (C=O) groups excluding carboxylic acids is 1. The summed E-state index contributed by atoms with van der Waals surface area (Å²) in [5.74, 6) is 2.14. The maximum Gasteiger partial charge on any atom is 0.251 e. The fraction of sp³-hybridized carbons (Fsp3) is 0.360. The third-order valence-corrected chi connectivity index (χ3v) is 5.55. The first-order valence-corrected chi connectivity index (χ1v) is 10.4. The Bertz CT molecular complexity index is 1020. The van der Waals surface area contributed by atoms with Crippen LogP contribution < -0.4 is 10.1 Å². The van der Waals surface area contributed by atoms with Gasteiger partial charge in [0.25, 0.3) is 5.91 Å². The average Bonchev–Trinajstić information content (AvgIpc) is 3.12. The van der Waals surface area contributed by atoms with Crippen LogP contribution >= 0.6 is 0 Å². The van der Waals surface area contributed by atoms with Crippen LogP contribution in [0, 0.1) is 13.8 Å². The van der Waals surface area contributed by atoms with Gasteiger partial charge in [0.15, 0.2) is 0 Å². The average molecular weight is 406 g/mol. The molecule has 2 aromatic carbocycles. The van der Waals surface area contributed by atoms with Crippen LogP contribution in [0.1, 0.15) is 71.2 Å². The number of rotatable bonds is 7. The van der Waals surface area contributed by atoms with Gasteiger partial charge in [-0.2, -0.15) is 0 Å². The number of nitrogens with one attached hydrogen (secondary N) is 1. The highest BCUT2D eigenvalue weighted by Crippen LogP contribution is 2.32. The van der Waals surface area contributed by atoms with Gasteiger partial charge in [0.05, 0.1) is 13.2 Å². The Balaban J connectivity index is 1.72. The van der Waals surface area contributed by atoms with Crippen LogP contribution in [-0.2, 0) is 6.54 Å². The molecule has 1 N–H and O–H groups in total. The van der Waals surface area contributed by atoms with E-state index in [0.29, 0.717) is 11.5 Å². The number of nitrogens with zero attached hydrogens (tertiary/aromatic N) is 2. The number of amides is 1. The molecular formula is C25H31N3O2. The van der Waals surface area contributed by atoms with Gasteiger partial charge in [-0.05, 0) is 73.2 Å². The minimum Gasteiger partial charge on any atom is -0.496 e. The molecule has 0 aliphatic rings. The molecule has 0 unspecified atom stereocenters. The second-order valence-corrected chi connectivity index (χ2v) is 8.10. The number of imidazole rings is 1. The van der Waals surface area contributed by atoms with Crippen molar-refractivity contribution in [3.05, 3.63) is 82.4 Å². The second-order valence-electron chi connectivity index (χ2n) is 8.10. The van der Waals surface area contributed by atoms with Crippen LogP contribution in [0.15, 0.2) is 48.8 Å². The predicted octanol–water partition coefficient (Wildman–Crippen LogP) is 5.17. The molecular weight excluding hydrogens is 374 g/mol. The maximum absolute atomic E-state index is 12.8. The van der Waals surface area contributed by atoms with Crippen molar-refractivity contribution in [1.82, 2.24) is 14.9 Å². The zero-order chi connectivity index (χ0) is 21.8. The first-order chi connectivity index (χ1) is 14.3. The molecule has 0 aliphatic carbocycles. The Labute approximate surface area is 179 Å². The van der Waals surface area contributed by atoms with Crippen molar-refractivity contribution in [3.8, 4) is 5.75 Å². The van der Waals surface area contributed by atoms with E-state index in [9.17, 15) is 4.79 Å². The van der Waals surface area contributed by atoms with Gasteiger partial charge in [-0.1, -0.05) is 26.0 Å². The van der Waals surface area contributed by atoms with Crippen molar-refractivity contribution in [2.45, 2.75) is 53.1 Å². The Morgan fingerprint density at radius 1 is 1.10 bits per heavy atom. The lowest BCUT2D eigenvalue weighted by atomic mass is 9.93. The highest BCUT2D eigenvalue weighted by Gasteiger charge is 2.17. The van der Waals surface area contributed by atoms with Gasteiger partial charge in [-0.15, -0.1) is 0 Å². The summed E-state index contributed by atoms with van der Waals surface area (Å²) in [5, 5.41) is 3.14. The lowest BCUT2D eigenvalue weighted by molar-refractivity contribution is 0.0940. The van der Waals surface area contributed by atoms with Crippen molar-refractivity contribution in [1.29, 1.82) is 0 Å². The molecule has 1 amide bonds. The summed E-state index contributed by atoms with van der Waals surface area (Å²) < 4.78 is 7.61. The van der Waals surface area contributed by atoms with E-state index in [4.69, 9.17) is 4.74 Å². The molecule has 3 aromatic rings. The van der Waals surface area contributed by atoms with Gasteiger partial charge >= 0.3 is 0 Å². The van der Waals surface area contributed by atoms with Crippen molar-refractivity contribution in [2.75, 3.05) is 7.11 Å². The van der Waals surface area contributed by atoms with Crippen molar-refractivity contribution >= 4 is 5.91 Å². The standard InChI is InChI=1S/C25H31N3O2/c1-16(2)22-14-23(17(3)13-24(22)30-6)18(4)27-25(29)21-9-7-20(8-10-21)15-28-12-11-26-19(28)5/h7-14,16,18H,15H2,1-6H3,(H,27,29)/t18-/m0/s1. The van der Waals surface area contributed by atoms with Crippen LogP contribution in [-0.4, -0.2) is 22.6 Å². The Morgan fingerprint density at radius 2 is 1.80 bits per heavy atom. The molecule has 3 rings (SSSR count). The number of aromatic nitrogens is 2. The third-order valence-electron chi connectivity index (χ3n) is 5.55. The summed E-state index contributed by atoms with van der Waals surface area (Å²) >= 11 is 0. The van der Waals surface area contributed by atoms with E-state index in [1.807, 2.05) is 44.3 Å². The van der Waals surface area contributed by atoms with Gasteiger partial charge in [-0.3, -0.25) is 4.79 Å². The monoisotopic (exact) mass is 405 g/mol. The Morgan fingerprint density at radius 3 is 2.37 bits per heavy atom. The summed E-state index contributed by atoms with van der Waals surface area (Å²) in [4.78, 5) is 17.1. The van der Waals surface area contributed by atoms with Gasteiger partial charge in [0, 0.05) is 24.5 Å². The zero-order valence-electron chi connectivity index (χ0n) is 18.7. The largest absolute Gasteiger partial charge is 0.496 e. The molecule has 0 bridgehead atoms. The van der Waals surface area contributed by atoms with Crippen molar-refractivity contribution in [2.24, 2.45) is 0 Å². The normalized spacial score (nSPS) is 12.1. The fourth-order valence-electron chi connectivity index (χ4n) is 3.70. The summed E-state index contributed by atoms with van der Waals surface area (Å²) in [6.07, 6.45) is 3.75. The molecule has 30 heavy (non-hydrogen) atoms. The van der Waals surface area contributed by atoms with Crippen molar-refractivity contribution in [3.63, 3.8) is 0 Å². The predicted molar refractivity (Wildman–Crippen MR) is 120 cm³/mol. The van der Waals surface area contributed by atoms with Crippen LogP contribution in [0.25, 0.3) is 0 Å². The van der Waals surface area contributed by atoms with Gasteiger partial charge in [-0.25, -0.2) is 4.98 Å². The SMILES string of the molecule is COc1cc(C)c([C@H](C)NC(=O)c2ccc(Cn3ccnc3C)cc2)cc1C(C)C. The topological polar surface area (TPSA) is 56.1 Å². The maximum atomic E-state index is 12.8. The van der Waals surface area contributed by atoms with E-state index < -0.39 is 0 Å². The summed E-state index contributed by atoms with van der Waals surface area (Å²) in [7, 11) is 1.70. The number of hydrogen-bond acceptors (Lipinski definition) is 3. The molecule has 5 heteroatoms. The summed E-state index contributed by atoms with van der Waals surface area (Å²) in [5.41, 5.74) is 5.16. The molecule has 1 atom stereocenters. The smallest absolute Gasteiger partial charge is 0.251 e. The van der Waals surface area contributed by atoms with Crippen LogP contribution in [0.2, 0.25) is 0 Å². The highest BCUT2D eigenvalue weighted by atomic mass is 16.5. The molecule has 0 saturated carbocycles. The number of methoxy groups -OCH3 is 1. The van der Waals surface area contributed by atoms with Crippen LogP contribution in [0.5, 0.6) is 5.75 Å². The molecule has 1 heterocycles. The first kappa shape index (κ1) is 21.6. The highest BCUT2D eigenvalue weighted by molar-refractivity contribution is 5.94. The molecule has 0 saturated heterocycles. The quantitative estimate of drug-likeness (QED) is 0.590. The molecule has 0 spiro atoms. The van der Waals surface area contributed by atoms with E-state index in [1.54, 1.807) is 13.3 Å². The minimum absolute atomic E-state index is 0.0748. The number of benzene rings is 2. The van der Waals surface area contributed by atoms with Gasteiger partial charge < -0.3 is 14.6 Å². The number of aryl methyl sites for hydroxylation is 2. The van der Waals surface area contributed by atoms with E-state index in [0.717, 1.165) is 40.4 Å². The van der Waals surface area contributed by atoms with E-state index >= 15 is 0 Å². The van der Waals surface area contributed by atoms with E-state index in [1.165, 1.54) is 0 Å². The van der Waals surface area contributed by atoms with E-state index in [2.05, 4.69) is 47.8 Å². The van der Waals surface area contributed by atoms with Gasteiger partial charge in [0.2, 0.25) is 0 Å². The second kappa shape index (κ2) is 9.16. The lowest BCUT2D eigenvalue weighted by Crippen LogP contribution is -2.27. The summed E-state index contributed by atoms with van der Waals surface area (Å²) in [6.45, 7) is 11.1. The van der Waals surface area contributed by atoms with E-state index in [-0.39, 0.29) is 11.9 Å². The van der Waals surface area contributed by atoms with Crippen molar-refractivity contribution < 1.29 is 9.53 Å². The molecule has 0 radical (unpaired) electrons. The molecule has 5 nitrogen and oxygen atoms in total. The van der Waals surface area contributed by atoms with Gasteiger partial charge in [0.1, 0.15) is 11.6 Å². The number of hydrogen-bond donors (Lipinski definition) is 1. The number of carbonyl (C=O) groups is 1. The van der Waals surface area contributed by atoms with Crippen LogP contribution in [0.3, 0.4) is 0 Å².